The normalized spacial score (nSPS) is 13.2. The highest BCUT2D eigenvalue weighted by Gasteiger charge is 2.28. The first-order valence-electron chi connectivity index (χ1n) is 7.15. The van der Waals surface area contributed by atoms with Crippen LogP contribution in [-0.4, -0.2) is 42.3 Å². The van der Waals surface area contributed by atoms with Crippen molar-refractivity contribution < 1.29 is 14.7 Å². The Kier molecular flexibility index (Phi) is 4.55. The van der Waals surface area contributed by atoms with E-state index in [1.807, 2.05) is 13.0 Å². The number of ketones is 1. The van der Waals surface area contributed by atoms with Crippen LogP contribution in [0.2, 0.25) is 0 Å². The van der Waals surface area contributed by atoms with Crippen LogP contribution in [0.3, 0.4) is 0 Å². The Morgan fingerprint density at radius 2 is 2.13 bits per heavy atom. The van der Waals surface area contributed by atoms with E-state index in [1.165, 1.54) is 17.0 Å². The van der Waals surface area contributed by atoms with Crippen LogP contribution in [0.15, 0.2) is 23.5 Å². The number of allylic oxidation sites excluding steroid dienone is 2. The van der Waals surface area contributed by atoms with Gasteiger partial charge in [0.1, 0.15) is 5.70 Å². The van der Waals surface area contributed by atoms with E-state index >= 15 is 0 Å². The van der Waals surface area contributed by atoms with Crippen LogP contribution in [0, 0.1) is 11.3 Å². The van der Waals surface area contributed by atoms with E-state index in [0.29, 0.717) is 18.7 Å². The highest BCUT2D eigenvalue weighted by Crippen LogP contribution is 2.33. The average molecular weight is 314 g/mol. The lowest BCUT2D eigenvalue weighted by Crippen LogP contribution is -2.32. The van der Waals surface area contributed by atoms with Gasteiger partial charge < -0.3 is 20.6 Å². The van der Waals surface area contributed by atoms with Crippen LogP contribution in [-0.2, 0) is 4.79 Å². The maximum absolute atomic E-state index is 12.1. The lowest BCUT2D eigenvalue weighted by molar-refractivity contribution is -0.116. The molecule has 0 saturated heterocycles. The predicted octanol–water partition coefficient (Wildman–Crippen LogP) is 1.17. The summed E-state index contributed by atoms with van der Waals surface area (Å²) in [6, 6.07) is 4.68. The minimum atomic E-state index is -0.427. The summed E-state index contributed by atoms with van der Waals surface area (Å²) in [7, 11) is 3.10. The van der Waals surface area contributed by atoms with Gasteiger partial charge in [-0.1, -0.05) is 0 Å². The molecule has 0 spiro atoms. The second kappa shape index (κ2) is 6.40. The fourth-order valence-corrected chi connectivity index (χ4v) is 2.24. The summed E-state index contributed by atoms with van der Waals surface area (Å²) in [5, 5.41) is 25.3. The topological polar surface area (TPSA) is 105 Å². The third-order valence-electron chi connectivity index (χ3n) is 3.44. The summed E-state index contributed by atoms with van der Waals surface area (Å²) >= 11 is 0. The van der Waals surface area contributed by atoms with Crippen molar-refractivity contribution in [3.8, 4) is 11.8 Å². The van der Waals surface area contributed by atoms with Gasteiger partial charge >= 0.3 is 0 Å². The van der Waals surface area contributed by atoms with Gasteiger partial charge in [-0.3, -0.25) is 9.59 Å². The number of nitrogens with one attached hydrogen (secondary N) is 2. The zero-order valence-electron chi connectivity index (χ0n) is 13.2. The molecule has 120 valence electrons. The molecule has 0 heterocycles. The summed E-state index contributed by atoms with van der Waals surface area (Å²) in [6.07, 6.45) is 0.304. The Hall–Kier alpha value is -3.01. The molecule has 2 rings (SSSR count). The monoisotopic (exact) mass is 314 g/mol. The van der Waals surface area contributed by atoms with E-state index in [-0.39, 0.29) is 28.3 Å². The number of carbonyl (C=O) groups excluding carboxylic acids is 2. The molecule has 1 aliphatic rings. The molecule has 0 fully saturated rings. The zero-order chi connectivity index (χ0) is 17.1. The van der Waals surface area contributed by atoms with Gasteiger partial charge in [0.15, 0.2) is 11.5 Å². The number of hydrogen-bond donors (Lipinski definition) is 3. The highest BCUT2D eigenvalue weighted by atomic mass is 16.3. The van der Waals surface area contributed by atoms with Gasteiger partial charge in [-0.25, -0.2) is 0 Å². The van der Waals surface area contributed by atoms with Gasteiger partial charge in [0.2, 0.25) is 0 Å². The smallest absolute Gasteiger partial charge is 0.257 e. The third-order valence-corrected chi connectivity index (χ3v) is 3.44. The third kappa shape index (κ3) is 3.11. The SMILES string of the molecule is CCNC1=C(Nc2cc(C#N)cc(C(=O)N(C)C)c2O)C(=O)C1. The number of carbonyl (C=O) groups is 2. The van der Waals surface area contributed by atoms with Gasteiger partial charge in [0.25, 0.3) is 5.91 Å². The first-order chi connectivity index (χ1) is 10.9. The van der Waals surface area contributed by atoms with Crippen molar-refractivity contribution in [3.63, 3.8) is 0 Å². The van der Waals surface area contributed by atoms with Crippen LogP contribution in [0.4, 0.5) is 5.69 Å². The molecule has 0 aromatic heterocycles. The van der Waals surface area contributed by atoms with Gasteiger partial charge in [0.05, 0.1) is 29.3 Å². The number of hydrogen-bond acceptors (Lipinski definition) is 6. The number of phenols is 1. The molecule has 0 aliphatic heterocycles. The van der Waals surface area contributed by atoms with Crippen molar-refractivity contribution in [2.45, 2.75) is 13.3 Å². The van der Waals surface area contributed by atoms with Crippen molar-refractivity contribution in [2.24, 2.45) is 0 Å². The Morgan fingerprint density at radius 1 is 1.43 bits per heavy atom. The molecule has 1 aromatic carbocycles. The van der Waals surface area contributed by atoms with Crippen LogP contribution < -0.4 is 10.6 Å². The molecule has 23 heavy (non-hydrogen) atoms. The Morgan fingerprint density at radius 3 is 2.65 bits per heavy atom. The van der Waals surface area contributed by atoms with Gasteiger partial charge in [-0.15, -0.1) is 0 Å². The van der Waals surface area contributed by atoms with Crippen LogP contribution in [0.1, 0.15) is 29.3 Å². The molecule has 3 N–H and O–H groups in total. The lowest BCUT2D eigenvalue weighted by atomic mass is 9.98. The largest absolute Gasteiger partial charge is 0.505 e. The van der Waals surface area contributed by atoms with Gasteiger partial charge in [0, 0.05) is 26.3 Å². The van der Waals surface area contributed by atoms with Crippen molar-refractivity contribution in [1.82, 2.24) is 10.2 Å². The maximum Gasteiger partial charge on any atom is 0.257 e. The molecule has 0 saturated carbocycles. The number of nitrogens with zero attached hydrogens (tertiary/aromatic N) is 2. The molecule has 1 aromatic rings. The van der Waals surface area contributed by atoms with Crippen molar-refractivity contribution in [3.05, 3.63) is 34.7 Å². The molecular formula is C16H18N4O3. The van der Waals surface area contributed by atoms with Gasteiger partial charge in [-0.05, 0) is 19.1 Å². The number of phenolic OH excluding ortho intramolecular Hbond substituents is 1. The Labute approximate surface area is 134 Å². The molecule has 0 bridgehead atoms. The van der Waals surface area contributed by atoms with Crippen LogP contribution in [0.25, 0.3) is 0 Å². The summed E-state index contributed by atoms with van der Waals surface area (Å²) in [6.45, 7) is 2.58. The van der Waals surface area contributed by atoms with Crippen molar-refractivity contribution >= 4 is 17.4 Å². The standard InChI is InChI=1S/C16H18N4O3/c1-4-18-11-7-13(21)14(11)19-12-6-9(8-17)5-10(15(12)22)16(23)20(2)3/h5-6,18-19,22H,4,7H2,1-3H3. The summed E-state index contributed by atoms with van der Waals surface area (Å²) in [5.74, 6) is -0.808. The molecule has 0 unspecified atom stereocenters. The molecule has 7 heteroatoms. The van der Waals surface area contributed by atoms with E-state index < -0.39 is 5.91 Å². The zero-order valence-corrected chi connectivity index (χ0v) is 13.2. The molecular weight excluding hydrogens is 296 g/mol. The number of amides is 1. The molecule has 1 aliphatic carbocycles. The first kappa shape index (κ1) is 16.4. The number of nitriles is 1. The number of aromatic hydroxyl groups is 1. The van der Waals surface area contributed by atoms with E-state index in [0.717, 1.165) is 5.70 Å². The van der Waals surface area contributed by atoms with Crippen LogP contribution in [0.5, 0.6) is 5.75 Å². The maximum atomic E-state index is 12.1. The van der Waals surface area contributed by atoms with Crippen molar-refractivity contribution in [2.75, 3.05) is 26.0 Å². The molecule has 0 radical (unpaired) electrons. The number of rotatable bonds is 5. The first-order valence-corrected chi connectivity index (χ1v) is 7.15. The second-order valence-electron chi connectivity index (χ2n) is 5.34. The van der Waals surface area contributed by atoms with E-state index in [2.05, 4.69) is 10.6 Å². The average Bonchev–Trinajstić information content (AvgIpc) is 2.52. The van der Waals surface area contributed by atoms with E-state index in [9.17, 15) is 14.7 Å². The summed E-state index contributed by atoms with van der Waals surface area (Å²) < 4.78 is 0. The number of Topliss-reactive ketones (excluding diaryl/α,β-unsaturated/α-hetero) is 1. The van der Waals surface area contributed by atoms with Crippen LogP contribution >= 0.6 is 0 Å². The number of benzene rings is 1. The van der Waals surface area contributed by atoms with Crippen molar-refractivity contribution in [1.29, 1.82) is 5.26 Å². The minimum absolute atomic E-state index is 0.00826. The predicted molar refractivity (Wildman–Crippen MR) is 84.8 cm³/mol. The lowest BCUT2D eigenvalue weighted by Gasteiger charge is -2.25. The Bertz CT molecular complexity index is 744. The molecule has 1 amide bonds. The minimum Gasteiger partial charge on any atom is -0.505 e. The summed E-state index contributed by atoms with van der Waals surface area (Å²) in [5.41, 5.74) is 1.48. The second-order valence-corrected chi connectivity index (χ2v) is 5.34. The fraction of sp³-hybridized carbons (Fsp3) is 0.312. The van der Waals surface area contributed by atoms with Gasteiger partial charge in [-0.2, -0.15) is 5.26 Å². The van der Waals surface area contributed by atoms with E-state index in [4.69, 9.17) is 5.26 Å². The van der Waals surface area contributed by atoms with E-state index in [1.54, 1.807) is 14.1 Å². The summed E-state index contributed by atoms with van der Waals surface area (Å²) in [4.78, 5) is 25.2. The molecule has 7 nitrogen and oxygen atoms in total. The molecule has 0 atom stereocenters. The Balaban J connectivity index is 2.45. The fourth-order valence-electron chi connectivity index (χ4n) is 2.24. The highest BCUT2D eigenvalue weighted by molar-refractivity contribution is 6.07. The quantitative estimate of drug-likeness (QED) is 0.705. The number of anilines is 1.